The second kappa shape index (κ2) is 12.6. The van der Waals surface area contributed by atoms with Crippen LogP contribution in [0.2, 0.25) is 0 Å². The molecule has 0 radical (unpaired) electrons. The molecule has 202 valence electrons. The van der Waals surface area contributed by atoms with Crippen LogP contribution in [-0.2, 0) is 26.2 Å². The smallest absolute Gasteiger partial charge is 0.264 e. The van der Waals surface area contributed by atoms with Gasteiger partial charge in [-0.3, -0.25) is 13.9 Å². The van der Waals surface area contributed by atoms with Crippen molar-refractivity contribution < 1.29 is 27.1 Å². The van der Waals surface area contributed by atoms with E-state index in [-0.39, 0.29) is 23.0 Å². The van der Waals surface area contributed by atoms with E-state index < -0.39 is 34.3 Å². The van der Waals surface area contributed by atoms with Gasteiger partial charge in [-0.15, -0.1) is 0 Å². The zero-order valence-corrected chi connectivity index (χ0v) is 22.7. The zero-order valence-electron chi connectivity index (χ0n) is 21.8. The van der Waals surface area contributed by atoms with Crippen LogP contribution in [-0.4, -0.2) is 51.9 Å². The lowest BCUT2D eigenvalue weighted by atomic mass is 10.1. The van der Waals surface area contributed by atoms with Crippen molar-refractivity contribution in [3.8, 4) is 5.75 Å². The summed E-state index contributed by atoms with van der Waals surface area (Å²) in [6.07, 6.45) is 0.318. The van der Waals surface area contributed by atoms with Crippen LogP contribution in [0.4, 0.5) is 10.1 Å². The molecule has 0 aliphatic heterocycles. The summed E-state index contributed by atoms with van der Waals surface area (Å²) >= 11 is 0. The Kier molecular flexibility index (Phi) is 9.46. The third-order valence-corrected chi connectivity index (χ3v) is 7.90. The molecular weight excluding hydrogens is 509 g/mol. The van der Waals surface area contributed by atoms with Gasteiger partial charge in [0.05, 0.1) is 17.7 Å². The van der Waals surface area contributed by atoms with E-state index in [1.807, 2.05) is 31.2 Å². The molecule has 0 aliphatic rings. The molecule has 1 unspecified atom stereocenters. The van der Waals surface area contributed by atoms with Gasteiger partial charge < -0.3 is 15.0 Å². The Labute approximate surface area is 223 Å². The third-order valence-electron chi connectivity index (χ3n) is 6.11. The monoisotopic (exact) mass is 541 g/mol. The largest absolute Gasteiger partial charge is 0.497 e. The van der Waals surface area contributed by atoms with E-state index in [2.05, 4.69) is 5.32 Å². The van der Waals surface area contributed by atoms with Crippen molar-refractivity contribution in [1.82, 2.24) is 10.2 Å². The Morgan fingerprint density at radius 2 is 1.68 bits per heavy atom. The average molecular weight is 542 g/mol. The van der Waals surface area contributed by atoms with E-state index in [4.69, 9.17) is 4.74 Å². The maximum Gasteiger partial charge on any atom is 0.264 e. The number of carbonyl (C=O) groups is 2. The molecule has 0 aromatic heterocycles. The molecule has 0 saturated carbocycles. The Bertz CT molecular complexity index is 1360. The summed E-state index contributed by atoms with van der Waals surface area (Å²) in [5.74, 6) is -1.02. The number of nitrogens with zero attached hydrogens (tertiary/aromatic N) is 2. The van der Waals surface area contributed by atoms with Crippen LogP contribution in [0.1, 0.15) is 24.5 Å². The third kappa shape index (κ3) is 6.69. The van der Waals surface area contributed by atoms with Crippen molar-refractivity contribution in [2.75, 3.05) is 25.0 Å². The molecule has 0 spiro atoms. The first-order valence-corrected chi connectivity index (χ1v) is 13.5. The van der Waals surface area contributed by atoms with Gasteiger partial charge in [0.2, 0.25) is 11.8 Å². The highest BCUT2D eigenvalue weighted by Gasteiger charge is 2.33. The molecule has 3 rings (SSSR count). The quantitative estimate of drug-likeness (QED) is 0.397. The highest BCUT2D eigenvalue weighted by molar-refractivity contribution is 7.92. The van der Waals surface area contributed by atoms with Crippen LogP contribution in [0.15, 0.2) is 77.7 Å². The Balaban J connectivity index is 2.05. The number of halogens is 1. The van der Waals surface area contributed by atoms with Crippen molar-refractivity contribution in [3.05, 3.63) is 89.7 Å². The highest BCUT2D eigenvalue weighted by Crippen LogP contribution is 2.26. The molecule has 0 bridgehead atoms. The number of ether oxygens (including phenoxy) is 1. The van der Waals surface area contributed by atoms with Crippen LogP contribution in [0.25, 0.3) is 0 Å². The van der Waals surface area contributed by atoms with Gasteiger partial charge in [0.25, 0.3) is 10.0 Å². The lowest BCUT2D eigenvalue weighted by Gasteiger charge is -2.33. The summed E-state index contributed by atoms with van der Waals surface area (Å²) in [6.45, 7) is 3.21. The van der Waals surface area contributed by atoms with Crippen LogP contribution < -0.4 is 14.4 Å². The first kappa shape index (κ1) is 28.6. The SMILES string of the molecule is CCC(C(=O)NC)N(Cc1cccc(C)c1)C(=O)CN(c1ccc(F)cc1)S(=O)(=O)c1ccc(OC)cc1. The number of anilines is 1. The second-order valence-corrected chi connectivity index (χ2v) is 10.6. The fraction of sp³-hybridized carbons (Fsp3) is 0.286. The molecule has 3 aromatic carbocycles. The summed E-state index contributed by atoms with van der Waals surface area (Å²) in [5.41, 5.74) is 1.89. The maximum absolute atomic E-state index is 13.8. The fourth-order valence-electron chi connectivity index (χ4n) is 4.10. The van der Waals surface area contributed by atoms with Gasteiger partial charge in [-0.25, -0.2) is 12.8 Å². The number of rotatable bonds is 11. The number of hydrogen-bond donors (Lipinski definition) is 1. The van der Waals surface area contributed by atoms with Crippen molar-refractivity contribution in [3.63, 3.8) is 0 Å². The maximum atomic E-state index is 13.8. The summed E-state index contributed by atoms with van der Waals surface area (Å²) < 4.78 is 47.2. The number of methoxy groups -OCH3 is 1. The van der Waals surface area contributed by atoms with Crippen molar-refractivity contribution >= 4 is 27.5 Å². The molecule has 0 saturated heterocycles. The number of likely N-dealkylation sites (N-methyl/N-ethyl adjacent to an activating group) is 1. The molecule has 38 heavy (non-hydrogen) atoms. The summed E-state index contributed by atoms with van der Waals surface area (Å²) in [5, 5.41) is 2.59. The Morgan fingerprint density at radius 3 is 2.24 bits per heavy atom. The molecule has 3 aromatic rings. The zero-order chi connectivity index (χ0) is 27.9. The number of benzene rings is 3. The second-order valence-electron chi connectivity index (χ2n) is 8.71. The fourth-order valence-corrected chi connectivity index (χ4v) is 5.52. The minimum atomic E-state index is -4.25. The lowest BCUT2D eigenvalue weighted by Crippen LogP contribution is -2.51. The summed E-state index contributed by atoms with van der Waals surface area (Å²) in [4.78, 5) is 27.9. The van der Waals surface area contributed by atoms with Gasteiger partial charge in [0.1, 0.15) is 24.2 Å². The predicted molar refractivity (Wildman–Crippen MR) is 144 cm³/mol. The minimum absolute atomic E-state index is 0.0704. The Morgan fingerprint density at radius 1 is 1.03 bits per heavy atom. The molecule has 2 amide bonds. The number of nitrogens with one attached hydrogen (secondary N) is 1. The molecule has 1 N–H and O–H groups in total. The molecule has 8 nitrogen and oxygen atoms in total. The number of hydrogen-bond acceptors (Lipinski definition) is 5. The van der Waals surface area contributed by atoms with Gasteiger partial charge in [0, 0.05) is 13.6 Å². The molecule has 10 heteroatoms. The van der Waals surface area contributed by atoms with E-state index in [1.54, 1.807) is 6.92 Å². The van der Waals surface area contributed by atoms with Crippen LogP contribution in [0.3, 0.4) is 0 Å². The number of sulfonamides is 1. The van der Waals surface area contributed by atoms with Crippen molar-refractivity contribution in [2.24, 2.45) is 0 Å². The van der Waals surface area contributed by atoms with Crippen molar-refractivity contribution in [1.29, 1.82) is 0 Å². The minimum Gasteiger partial charge on any atom is -0.497 e. The van der Waals surface area contributed by atoms with Crippen molar-refractivity contribution in [2.45, 2.75) is 37.8 Å². The van der Waals surface area contributed by atoms with E-state index >= 15 is 0 Å². The summed E-state index contributed by atoms with van der Waals surface area (Å²) in [7, 11) is -1.30. The standard InChI is InChI=1S/C28H32FN3O5S/c1-5-26(28(34)30-3)31(18-21-8-6-7-20(2)17-21)27(33)19-32(23-11-9-22(29)10-12-23)38(35,36)25-15-13-24(37-4)14-16-25/h6-17,26H,5,18-19H2,1-4H3,(H,30,34). The van der Waals surface area contributed by atoms with Crippen LogP contribution in [0, 0.1) is 12.7 Å². The topological polar surface area (TPSA) is 96.0 Å². The summed E-state index contributed by atoms with van der Waals surface area (Å²) in [6, 6.07) is 17.3. The molecular formula is C28H32FN3O5S. The Hall–Kier alpha value is -3.92. The van der Waals surface area contributed by atoms with E-state index in [0.717, 1.165) is 27.6 Å². The van der Waals surface area contributed by atoms with Crippen LogP contribution >= 0.6 is 0 Å². The van der Waals surface area contributed by atoms with E-state index in [9.17, 15) is 22.4 Å². The molecule has 0 heterocycles. The predicted octanol–water partition coefficient (Wildman–Crippen LogP) is 3.89. The van der Waals surface area contributed by atoms with Gasteiger partial charge in [0.15, 0.2) is 0 Å². The molecule has 0 aliphatic carbocycles. The first-order chi connectivity index (χ1) is 18.1. The first-order valence-electron chi connectivity index (χ1n) is 12.1. The van der Waals surface area contributed by atoms with Gasteiger partial charge >= 0.3 is 0 Å². The molecule has 0 fully saturated rings. The van der Waals surface area contributed by atoms with Gasteiger partial charge in [-0.2, -0.15) is 0 Å². The average Bonchev–Trinajstić information content (AvgIpc) is 2.91. The van der Waals surface area contributed by atoms with Gasteiger partial charge in [-0.1, -0.05) is 36.8 Å². The number of amides is 2. The van der Waals surface area contributed by atoms with Gasteiger partial charge in [-0.05, 0) is 67.4 Å². The normalized spacial score (nSPS) is 11.9. The number of aryl methyl sites for hydroxylation is 1. The number of carbonyl (C=O) groups excluding carboxylic acids is 2. The van der Waals surface area contributed by atoms with Crippen LogP contribution in [0.5, 0.6) is 5.75 Å². The molecule has 1 atom stereocenters. The highest BCUT2D eigenvalue weighted by atomic mass is 32.2. The van der Waals surface area contributed by atoms with E-state index in [0.29, 0.717) is 12.2 Å². The lowest BCUT2D eigenvalue weighted by molar-refractivity contribution is -0.140. The van der Waals surface area contributed by atoms with E-state index in [1.165, 1.54) is 55.5 Å².